The molecule has 1 aliphatic carbocycles. The topological polar surface area (TPSA) is 106 Å². The Labute approximate surface area is 212 Å². The molecule has 188 valence electrons. The normalized spacial score (nSPS) is 13.2. The van der Waals surface area contributed by atoms with Crippen LogP contribution in [-0.4, -0.2) is 38.4 Å². The van der Waals surface area contributed by atoms with E-state index in [-0.39, 0.29) is 50.9 Å². The Morgan fingerprint density at radius 2 is 1.83 bits per heavy atom. The molecule has 0 fully saturated rings. The Morgan fingerprint density at radius 3 is 2.47 bits per heavy atom. The summed E-state index contributed by atoms with van der Waals surface area (Å²) in [6.07, 6.45) is -3.08. The molecule has 0 spiro atoms. The van der Waals surface area contributed by atoms with Crippen molar-refractivity contribution in [3.8, 4) is 5.82 Å². The number of Topliss-reactive ketones (excluding diaryl/α,β-unsaturated/α-hetero) is 1. The lowest BCUT2D eigenvalue weighted by atomic mass is 9.99. The minimum absolute atomic E-state index is 0.0521. The van der Waals surface area contributed by atoms with Crippen LogP contribution in [0.5, 0.6) is 0 Å². The number of carbonyl (C=O) groups is 3. The molecule has 2 aromatic heterocycles. The quantitative estimate of drug-likeness (QED) is 0.468. The second-order valence-electron chi connectivity index (χ2n) is 8.28. The molecular weight excluding hydrogens is 522 g/mol. The van der Waals surface area contributed by atoms with E-state index in [1.165, 1.54) is 24.4 Å². The van der Waals surface area contributed by atoms with Crippen molar-refractivity contribution in [2.75, 3.05) is 5.32 Å². The maximum Gasteiger partial charge on any atom is 0.435 e. The minimum atomic E-state index is -4.87. The van der Waals surface area contributed by atoms with Gasteiger partial charge in [0.15, 0.2) is 17.3 Å². The number of halogens is 5. The SMILES string of the molecule is CC(C)NC(=O)c1c(NC(=O)c2cc(C(F)(F)F)nn2-c2ncccc2Cl)c(Cl)cc2c1C(=O)CC2. The molecular formula is C23H18Cl2F3N5O3. The summed E-state index contributed by atoms with van der Waals surface area (Å²) in [6, 6.07) is 4.51. The number of nitrogens with zero attached hydrogens (tertiary/aromatic N) is 3. The van der Waals surface area contributed by atoms with Crippen molar-refractivity contribution in [1.29, 1.82) is 0 Å². The first-order valence-corrected chi connectivity index (χ1v) is 11.4. The third-order valence-corrected chi connectivity index (χ3v) is 5.91. The molecule has 2 heterocycles. The van der Waals surface area contributed by atoms with E-state index in [4.69, 9.17) is 23.2 Å². The number of nitrogens with one attached hydrogen (secondary N) is 2. The van der Waals surface area contributed by atoms with Gasteiger partial charge in [0.05, 0.1) is 21.3 Å². The highest BCUT2D eigenvalue weighted by Crippen LogP contribution is 2.37. The number of amides is 2. The fourth-order valence-corrected chi connectivity index (χ4v) is 4.30. The molecule has 13 heteroatoms. The number of hydrogen-bond donors (Lipinski definition) is 2. The number of rotatable bonds is 5. The predicted molar refractivity (Wildman–Crippen MR) is 126 cm³/mol. The Kier molecular flexibility index (Phi) is 6.80. The number of anilines is 1. The Hall–Kier alpha value is -3.44. The zero-order valence-electron chi connectivity index (χ0n) is 18.8. The Bertz CT molecular complexity index is 1400. The van der Waals surface area contributed by atoms with Gasteiger partial charge in [0.25, 0.3) is 11.8 Å². The molecule has 0 saturated heterocycles. The van der Waals surface area contributed by atoms with Crippen LogP contribution < -0.4 is 10.6 Å². The van der Waals surface area contributed by atoms with Gasteiger partial charge in [0.2, 0.25) is 0 Å². The van der Waals surface area contributed by atoms with Crippen molar-refractivity contribution in [2.24, 2.45) is 0 Å². The molecule has 2 amide bonds. The van der Waals surface area contributed by atoms with E-state index in [0.29, 0.717) is 22.7 Å². The molecule has 2 N–H and O–H groups in total. The molecule has 0 atom stereocenters. The van der Waals surface area contributed by atoms with Crippen LogP contribution in [0.1, 0.15) is 62.7 Å². The number of pyridine rings is 1. The third-order valence-electron chi connectivity index (χ3n) is 5.32. The average molecular weight is 540 g/mol. The van der Waals surface area contributed by atoms with Gasteiger partial charge in [-0.25, -0.2) is 9.67 Å². The zero-order valence-corrected chi connectivity index (χ0v) is 20.3. The van der Waals surface area contributed by atoms with Crippen LogP contribution in [-0.2, 0) is 12.6 Å². The standard InChI is InChI=1S/C23H18Cl2F3N5O3/c1-10(2)30-22(36)18-17-11(5-6-15(17)34)8-13(25)19(18)31-21(35)14-9-16(23(26,27)28)32-33(14)20-12(24)4-3-7-29-20/h3-4,7-10H,5-6H2,1-2H3,(H,30,36)(H,31,35). The smallest absolute Gasteiger partial charge is 0.350 e. The zero-order chi connectivity index (χ0) is 26.4. The lowest BCUT2D eigenvalue weighted by Gasteiger charge is -2.18. The molecule has 0 bridgehead atoms. The van der Waals surface area contributed by atoms with E-state index in [0.717, 1.165) is 0 Å². The van der Waals surface area contributed by atoms with Gasteiger partial charge in [0, 0.05) is 30.3 Å². The first-order valence-electron chi connectivity index (χ1n) is 10.7. The van der Waals surface area contributed by atoms with E-state index in [1.54, 1.807) is 13.8 Å². The second-order valence-corrected chi connectivity index (χ2v) is 9.10. The third kappa shape index (κ3) is 4.80. The first-order chi connectivity index (χ1) is 16.9. The largest absolute Gasteiger partial charge is 0.435 e. The van der Waals surface area contributed by atoms with Gasteiger partial charge in [-0.05, 0) is 44.0 Å². The molecule has 36 heavy (non-hydrogen) atoms. The van der Waals surface area contributed by atoms with E-state index in [2.05, 4.69) is 20.7 Å². The number of hydrogen-bond acceptors (Lipinski definition) is 5. The fraction of sp³-hybridized carbons (Fsp3) is 0.261. The summed E-state index contributed by atoms with van der Waals surface area (Å²) in [7, 11) is 0. The molecule has 1 aromatic carbocycles. The van der Waals surface area contributed by atoms with Gasteiger partial charge in [-0.15, -0.1) is 0 Å². The van der Waals surface area contributed by atoms with Gasteiger partial charge in [-0.2, -0.15) is 18.3 Å². The van der Waals surface area contributed by atoms with Crippen molar-refractivity contribution in [2.45, 2.75) is 38.9 Å². The van der Waals surface area contributed by atoms with Crippen LogP contribution in [0.2, 0.25) is 10.0 Å². The number of aryl methyl sites for hydroxylation is 1. The summed E-state index contributed by atoms with van der Waals surface area (Å²) in [6.45, 7) is 3.41. The molecule has 3 aromatic rings. The summed E-state index contributed by atoms with van der Waals surface area (Å²) in [5, 5.41) is 8.45. The molecule has 4 rings (SSSR count). The van der Waals surface area contributed by atoms with Gasteiger partial charge in [0.1, 0.15) is 5.69 Å². The van der Waals surface area contributed by atoms with E-state index < -0.39 is 29.4 Å². The fourth-order valence-electron chi connectivity index (χ4n) is 3.83. The summed E-state index contributed by atoms with van der Waals surface area (Å²) >= 11 is 12.5. The van der Waals surface area contributed by atoms with E-state index >= 15 is 0 Å². The van der Waals surface area contributed by atoms with Crippen LogP contribution >= 0.6 is 23.2 Å². The number of carbonyl (C=O) groups excluding carboxylic acids is 3. The first kappa shape index (κ1) is 25.6. The van der Waals surface area contributed by atoms with Crippen molar-refractivity contribution in [3.05, 3.63) is 68.6 Å². The average Bonchev–Trinajstić information content (AvgIpc) is 3.38. The summed E-state index contributed by atoms with van der Waals surface area (Å²) in [4.78, 5) is 42.9. The van der Waals surface area contributed by atoms with Crippen LogP contribution in [0.4, 0.5) is 18.9 Å². The highest BCUT2D eigenvalue weighted by atomic mass is 35.5. The molecule has 0 saturated carbocycles. The molecule has 0 unspecified atom stereocenters. The maximum atomic E-state index is 13.5. The Morgan fingerprint density at radius 1 is 1.11 bits per heavy atom. The summed E-state index contributed by atoms with van der Waals surface area (Å²) in [5.41, 5.74) is -1.63. The lowest BCUT2D eigenvalue weighted by molar-refractivity contribution is -0.141. The number of ketones is 1. The van der Waals surface area contributed by atoms with Gasteiger partial charge >= 0.3 is 6.18 Å². The molecule has 0 aliphatic heterocycles. The minimum Gasteiger partial charge on any atom is -0.350 e. The van der Waals surface area contributed by atoms with Crippen LogP contribution in [0.3, 0.4) is 0 Å². The van der Waals surface area contributed by atoms with Gasteiger partial charge < -0.3 is 10.6 Å². The highest BCUT2D eigenvalue weighted by molar-refractivity contribution is 6.36. The lowest BCUT2D eigenvalue weighted by Crippen LogP contribution is -2.32. The second kappa shape index (κ2) is 9.55. The van der Waals surface area contributed by atoms with Gasteiger partial charge in [-0.1, -0.05) is 23.2 Å². The van der Waals surface area contributed by atoms with Crippen molar-refractivity contribution in [1.82, 2.24) is 20.1 Å². The number of fused-ring (bicyclic) bond motifs is 1. The van der Waals surface area contributed by atoms with Crippen LogP contribution in [0, 0.1) is 0 Å². The number of alkyl halides is 3. The molecule has 1 aliphatic rings. The van der Waals surface area contributed by atoms with Crippen molar-refractivity contribution in [3.63, 3.8) is 0 Å². The van der Waals surface area contributed by atoms with Gasteiger partial charge in [-0.3, -0.25) is 14.4 Å². The summed E-state index contributed by atoms with van der Waals surface area (Å²) < 4.78 is 41.0. The predicted octanol–water partition coefficient (Wildman–Crippen LogP) is 5.11. The monoisotopic (exact) mass is 539 g/mol. The van der Waals surface area contributed by atoms with Crippen LogP contribution in [0.15, 0.2) is 30.5 Å². The highest BCUT2D eigenvalue weighted by Gasteiger charge is 2.37. The van der Waals surface area contributed by atoms with E-state index in [9.17, 15) is 27.6 Å². The van der Waals surface area contributed by atoms with Crippen LogP contribution in [0.25, 0.3) is 5.82 Å². The Balaban J connectivity index is 1.85. The summed E-state index contributed by atoms with van der Waals surface area (Å²) in [5.74, 6) is -2.26. The molecule has 8 nitrogen and oxygen atoms in total. The molecule has 0 radical (unpaired) electrons. The maximum absolute atomic E-state index is 13.5. The van der Waals surface area contributed by atoms with Crippen molar-refractivity contribution >= 4 is 46.5 Å². The number of benzene rings is 1. The van der Waals surface area contributed by atoms with Crippen molar-refractivity contribution < 1.29 is 27.6 Å². The van der Waals surface area contributed by atoms with E-state index in [1.807, 2.05) is 0 Å². The number of aromatic nitrogens is 3.